The van der Waals surface area contributed by atoms with Gasteiger partial charge in [0.1, 0.15) is 5.82 Å². The molecular weight excluding hydrogens is 299 g/mol. The van der Waals surface area contributed by atoms with Crippen LogP contribution in [-0.2, 0) is 0 Å². The number of thiocarbonyl (C=S) groups is 1. The predicted molar refractivity (Wildman–Crippen MR) is 81.5 cm³/mol. The number of rotatable bonds is 3. The van der Waals surface area contributed by atoms with Gasteiger partial charge in [-0.05, 0) is 31.0 Å². The van der Waals surface area contributed by atoms with Crippen molar-refractivity contribution in [1.29, 1.82) is 0 Å². The first-order chi connectivity index (χ1) is 9.44. The maximum absolute atomic E-state index is 13.7. The van der Waals surface area contributed by atoms with Crippen molar-refractivity contribution in [2.45, 2.75) is 37.6 Å². The van der Waals surface area contributed by atoms with Crippen molar-refractivity contribution in [3.63, 3.8) is 0 Å². The van der Waals surface area contributed by atoms with Crippen LogP contribution in [0, 0.1) is 5.82 Å². The molecule has 0 radical (unpaired) electrons. The fraction of sp³-hybridized carbons (Fsp3) is 0.429. The molecule has 1 amide bonds. The van der Waals surface area contributed by atoms with E-state index in [0.717, 1.165) is 19.3 Å². The van der Waals surface area contributed by atoms with Crippen LogP contribution in [-0.4, -0.2) is 16.4 Å². The number of carbonyl (C=O) groups is 1. The summed E-state index contributed by atoms with van der Waals surface area (Å²) >= 11 is 10.9. The smallest absolute Gasteiger partial charge is 0.255 e. The molecule has 6 heteroatoms. The summed E-state index contributed by atoms with van der Waals surface area (Å²) in [7, 11) is 0. The maximum Gasteiger partial charge on any atom is 0.255 e. The number of hydrogen-bond donors (Lipinski definition) is 2. The number of amides is 1. The van der Waals surface area contributed by atoms with Gasteiger partial charge in [0.15, 0.2) is 0 Å². The van der Waals surface area contributed by atoms with Gasteiger partial charge in [0, 0.05) is 5.02 Å². The molecule has 20 heavy (non-hydrogen) atoms. The van der Waals surface area contributed by atoms with Gasteiger partial charge in [0.25, 0.3) is 5.91 Å². The molecule has 1 saturated carbocycles. The fourth-order valence-electron chi connectivity index (χ4n) is 2.54. The highest BCUT2D eigenvalue weighted by Gasteiger charge is 2.37. The van der Waals surface area contributed by atoms with Crippen molar-refractivity contribution in [2.75, 3.05) is 0 Å². The summed E-state index contributed by atoms with van der Waals surface area (Å²) in [5, 5.41) is 3.12. The predicted octanol–water partition coefficient (Wildman–Crippen LogP) is 3.20. The Bertz CT molecular complexity index is 544. The zero-order valence-corrected chi connectivity index (χ0v) is 12.5. The van der Waals surface area contributed by atoms with Crippen LogP contribution in [0.2, 0.25) is 5.02 Å². The lowest BCUT2D eigenvalue weighted by Gasteiger charge is -2.37. The lowest BCUT2D eigenvalue weighted by molar-refractivity contribution is 0.0904. The van der Waals surface area contributed by atoms with Crippen LogP contribution in [0.4, 0.5) is 4.39 Å². The molecular formula is C14H16ClFN2OS. The van der Waals surface area contributed by atoms with Crippen LogP contribution in [0.5, 0.6) is 0 Å². The van der Waals surface area contributed by atoms with Gasteiger partial charge >= 0.3 is 0 Å². The number of nitrogens with one attached hydrogen (secondary N) is 1. The highest BCUT2D eigenvalue weighted by Crippen LogP contribution is 2.29. The Morgan fingerprint density at radius 1 is 1.35 bits per heavy atom. The van der Waals surface area contributed by atoms with E-state index in [1.165, 1.54) is 18.2 Å². The molecule has 0 bridgehead atoms. The van der Waals surface area contributed by atoms with Gasteiger partial charge < -0.3 is 11.1 Å². The third-order valence-electron chi connectivity index (χ3n) is 3.70. The minimum absolute atomic E-state index is 0.0845. The second-order valence-corrected chi connectivity index (χ2v) is 5.96. The maximum atomic E-state index is 13.7. The van der Waals surface area contributed by atoms with Crippen molar-refractivity contribution in [3.05, 3.63) is 34.6 Å². The molecule has 1 aliphatic rings. The van der Waals surface area contributed by atoms with Crippen molar-refractivity contribution in [2.24, 2.45) is 5.73 Å². The first-order valence-electron chi connectivity index (χ1n) is 6.52. The molecule has 3 N–H and O–H groups in total. The lowest BCUT2D eigenvalue weighted by Crippen LogP contribution is -2.57. The third-order valence-corrected chi connectivity index (χ3v) is 4.33. The van der Waals surface area contributed by atoms with E-state index in [1.807, 2.05) is 0 Å². The first-order valence-corrected chi connectivity index (χ1v) is 7.31. The quantitative estimate of drug-likeness (QED) is 0.842. The summed E-state index contributed by atoms with van der Waals surface area (Å²) in [6.07, 6.45) is 4.35. The number of nitrogens with two attached hydrogens (primary N) is 1. The van der Waals surface area contributed by atoms with E-state index in [-0.39, 0.29) is 10.6 Å². The van der Waals surface area contributed by atoms with E-state index in [1.54, 1.807) is 0 Å². The minimum atomic E-state index is -0.709. The largest absolute Gasteiger partial charge is 0.391 e. The zero-order valence-electron chi connectivity index (χ0n) is 10.9. The van der Waals surface area contributed by atoms with E-state index in [0.29, 0.717) is 17.9 Å². The number of halogens is 2. The van der Waals surface area contributed by atoms with Gasteiger partial charge in [-0.3, -0.25) is 4.79 Å². The Morgan fingerprint density at radius 3 is 2.60 bits per heavy atom. The summed E-state index contributed by atoms with van der Waals surface area (Å²) in [4.78, 5) is 12.5. The molecule has 0 saturated heterocycles. The van der Waals surface area contributed by atoms with Crippen LogP contribution >= 0.6 is 23.8 Å². The summed E-state index contributed by atoms with van der Waals surface area (Å²) < 4.78 is 13.7. The average molecular weight is 315 g/mol. The van der Waals surface area contributed by atoms with E-state index >= 15 is 0 Å². The minimum Gasteiger partial charge on any atom is -0.391 e. The van der Waals surface area contributed by atoms with Crippen LogP contribution in [0.25, 0.3) is 0 Å². The van der Waals surface area contributed by atoms with E-state index in [9.17, 15) is 9.18 Å². The highest BCUT2D eigenvalue weighted by atomic mass is 35.5. The van der Waals surface area contributed by atoms with Crippen molar-refractivity contribution in [3.8, 4) is 0 Å². The first kappa shape index (κ1) is 15.2. The molecule has 3 nitrogen and oxygen atoms in total. The molecule has 1 aromatic carbocycles. The Labute approximate surface area is 127 Å². The van der Waals surface area contributed by atoms with Gasteiger partial charge in [-0.2, -0.15) is 0 Å². The molecule has 1 fully saturated rings. The van der Waals surface area contributed by atoms with Gasteiger partial charge in [-0.1, -0.05) is 43.1 Å². The Balaban J connectivity index is 2.24. The molecule has 0 spiro atoms. The van der Waals surface area contributed by atoms with Gasteiger partial charge in [0.2, 0.25) is 0 Å². The summed E-state index contributed by atoms with van der Waals surface area (Å²) in [6.45, 7) is 0. The van der Waals surface area contributed by atoms with E-state index < -0.39 is 17.3 Å². The van der Waals surface area contributed by atoms with Crippen LogP contribution in [0.1, 0.15) is 42.5 Å². The van der Waals surface area contributed by atoms with E-state index in [2.05, 4.69) is 5.32 Å². The third kappa shape index (κ3) is 3.10. The molecule has 0 heterocycles. The SMILES string of the molecule is NC(=S)C1(NC(=O)c2cc(Cl)ccc2F)CCCCC1. The number of benzene rings is 1. The van der Waals surface area contributed by atoms with Gasteiger partial charge in [-0.15, -0.1) is 0 Å². The van der Waals surface area contributed by atoms with Crippen molar-refractivity contribution >= 4 is 34.7 Å². The molecule has 1 aliphatic carbocycles. The van der Waals surface area contributed by atoms with Crippen LogP contribution in [0.3, 0.4) is 0 Å². The molecule has 0 aliphatic heterocycles. The lowest BCUT2D eigenvalue weighted by atomic mass is 9.81. The number of carbonyl (C=O) groups excluding carboxylic acids is 1. The summed E-state index contributed by atoms with van der Waals surface area (Å²) in [5.41, 5.74) is 5.00. The topological polar surface area (TPSA) is 55.1 Å². The van der Waals surface area contributed by atoms with Gasteiger partial charge in [-0.25, -0.2) is 4.39 Å². The number of hydrogen-bond acceptors (Lipinski definition) is 2. The highest BCUT2D eigenvalue weighted by molar-refractivity contribution is 7.80. The Hall–Kier alpha value is -1.20. The van der Waals surface area contributed by atoms with Gasteiger partial charge in [0.05, 0.1) is 16.1 Å². The average Bonchev–Trinajstić information content (AvgIpc) is 2.42. The van der Waals surface area contributed by atoms with Crippen LogP contribution in [0.15, 0.2) is 18.2 Å². The molecule has 2 rings (SSSR count). The summed E-state index contributed by atoms with van der Waals surface area (Å²) in [5.74, 6) is -1.14. The Kier molecular flexibility index (Phi) is 4.60. The molecule has 1 aromatic rings. The van der Waals surface area contributed by atoms with Crippen LogP contribution < -0.4 is 11.1 Å². The van der Waals surface area contributed by atoms with Crippen molar-refractivity contribution in [1.82, 2.24) is 5.32 Å². The summed E-state index contributed by atoms with van der Waals surface area (Å²) in [6, 6.07) is 3.88. The second kappa shape index (κ2) is 6.06. The molecule has 0 unspecified atom stereocenters. The van der Waals surface area contributed by atoms with Crippen molar-refractivity contribution < 1.29 is 9.18 Å². The normalized spacial score (nSPS) is 17.5. The van der Waals surface area contributed by atoms with E-state index in [4.69, 9.17) is 29.6 Å². The second-order valence-electron chi connectivity index (χ2n) is 5.09. The zero-order chi connectivity index (χ0) is 14.8. The monoisotopic (exact) mass is 314 g/mol. The molecule has 108 valence electrons. The Morgan fingerprint density at radius 2 is 2.00 bits per heavy atom. The molecule has 0 aromatic heterocycles. The molecule has 0 atom stereocenters. The standard InChI is InChI=1S/C14H16ClFN2OS/c15-9-4-5-11(16)10(8-9)12(19)18-14(13(17)20)6-2-1-3-7-14/h4-5,8H,1-3,6-7H2,(H2,17,20)(H,18,19). The fourth-order valence-corrected chi connectivity index (χ4v) is 2.97.